The van der Waals surface area contributed by atoms with Gasteiger partial charge in [-0.1, -0.05) is 18.0 Å². The van der Waals surface area contributed by atoms with Crippen LogP contribution in [0.25, 0.3) is 0 Å². The molecule has 84 valence electrons. The molecule has 1 aliphatic heterocycles. The van der Waals surface area contributed by atoms with E-state index >= 15 is 0 Å². The maximum absolute atomic E-state index is 5.95. The predicted molar refractivity (Wildman–Crippen MR) is 66.5 cm³/mol. The van der Waals surface area contributed by atoms with E-state index in [1.165, 1.54) is 37.2 Å². The number of piperidine rings is 1. The molecule has 1 aromatic rings. The molecule has 0 aliphatic carbocycles. The quantitative estimate of drug-likeness (QED) is 0.886. The monoisotopic (exact) mass is 244 g/mol. The molecular formula is C11H17ClN2S. The Morgan fingerprint density at radius 2 is 2.13 bits per heavy atom. The molecule has 2 nitrogen and oxygen atoms in total. The standard InChI is InChI=1S/C11H17ClN2S/c12-9-6-11(15-8-9)10(7-13)14-4-2-1-3-5-14/h6,8,10H,1-5,7,13H2. The molecule has 1 saturated heterocycles. The SMILES string of the molecule is NCC(c1cc(Cl)cs1)N1CCCCC1. The third-order valence-electron chi connectivity index (χ3n) is 2.97. The summed E-state index contributed by atoms with van der Waals surface area (Å²) in [7, 11) is 0. The number of hydrogen-bond acceptors (Lipinski definition) is 3. The number of nitrogens with zero attached hydrogens (tertiary/aromatic N) is 1. The second kappa shape index (κ2) is 5.30. The highest BCUT2D eigenvalue weighted by Gasteiger charge is 2.21. The summed E-state index contributed by atoms with van der Waals surface area (Å²) < 4.78 is 0. The van der Waals surface area contributed by atoms with Crippen molar-refractivity contribution in [1.29, 1.82) is 0 Å². The summed E-state index contributed by atoms with van der Waals surface area (Å²) in [4.78, 5) is 3.80. The van der Waals surface area contributed by atoms with Crippen LogP contribution in [-0.2, 0) is 0 Å². The van der Waals surface area contributed by atoms with Crippen molar-refractivity contribution in [1.82, 2.24) is 4.90 Å². The lowest BCUT2D eigenvalue weighted by molar-refractivity contribution is 0.170. The zero-order valence-corrected chi connectivity index (χ0v) is 10.4. The van der Waals surface area contributed by atoms with Crippen LogP contribution < -0.4 is 5.73 Å². The first kappa shape index (κ1) is 11.4. The molecule has 0 amide bonds. The maximum atomic E-state index is 5.95. The van der Waals surface area contributed by atoms with Crippen molar-refractivity contribution in [2.45, 2.75) is 25.3 Å². The lowest BCUT2D eigenvalue weighted by atomic mass is 10.1. The summed E-state index contributed by atoms with van der Waals surface area (Å²) >= 11 is 7.67. The Hall–Kier alpha value is -0.0900. The molecular weight excluding hydrogens is 228 g/mol. The van der Waals surface area contributed by atoms with Gasteiger partial charge in [-0.05, 0) is 32.0 Å². The summed E-state index contributed by atoms with van der Waals surface area (Å²) in [5.74, 6) is 0. The van der Waals surface area contributed by atoms with Gasteiger partial charge in [-0.2, -0.15) is 0 Å². The molecule has 2 heterocycles. The molecule has 2 rings (SSSR count). The second-order valence-electron chi connectivity index (χ2n) is 4.02. The Morgan fingerprint density at radius 3 is 2.67 bits per heavy atom. The molecule has 1 fully saturated rings. The van der Waals surface area contributed by atoms with E-state index in [1.807, 2.05) is 5.38 Å². The molecule has 0 aromatic carbocycles. The zero-order chi connectivity index (χ0) is 10.7. The molecule has 1 aromatic heterocycles. The lowest BCUT2D eigenvalue weighted by Gasteiger charge is -2.33. The van der Waals surface area contributed by atoms with E-state index in [0.29, 0.717) is 12.6 Å². The van der Waals surface area contributed by atoms with Gasteiger partial charge in [0.15, 0.2) is 0 Å². The highest BCUT2D eigenvalue weighted by atomic mass is 35.5. The van der Waals surface area contributed by atoms with Crippen molar-refractivity contribution in [2.24, 2.45) is 5.73 Å². The number of halogens is 1. The minimum atomic E-state index is 0.378. The molecule has 0 spiro atoms. The van der Waals surface area contributed by atoms with Gasteiger partial charge in [0.2, 0.25) is 0 Å². The zero-order valence-electron chi connectivity index (χ0n) is 8.79. The molecule has 0 radical (unpaired) electrons. The van der Waals surface area contributed by atoms with Crippen LogP contribution in [-0.4, -0.2) is 24.5 Å². The van der Waals surface area contributed by atoms with Gasteiger partial charge in [0.25, 0.3) is 0 Å². The van der Waals surface area contributed by atoms with Crippen molar-refractivity contribution in [2.75, 3.05) is 19.6 Å². The first-order valence-corrected chi connectivity index (χ1v) is 6.75. The van der Waals surface area contributed by atoms with Crippen LogP contribution in [0.4, 0.5) is 0 Å². The Morgan fingerprint density at radius 1 is 1.40 bits per heavy atom. The molecule has 4 heteroatoms. The first-order valence-electron chi connectivity index (χ1n) is 5.49. The Bertz CT molecular complexity index is 307. The van der Waals surface area contributed by atoms with Gasteiger partial charge in [0.1, 0.15) is 0 Å². The van der Waals surface area contributed by atoms with Gasteiger partial charge in [0, 0.05) is 16.8 Å². The third-order valence-corrected chi connectivity index (χ3v) is 4.35. The van der Waals surface area contributed by atoms with Gasteiger partial charge >= 0.3 is 0 Å². The Balaban J connectivity index is 2.08. The summed E-state index contributed by atoms with van der Waals surface area (Å²) in [5.41, 5.74) is 5.87. The Labute approximate surface area is 100 Å². The summed E-state index contributed by atoms with van der Waals surface area (Å²) in [5, 5.41) is 2.83. The third kappa shape index (κ3) is 2.72. The minimum absolute atomic E-state index is 0.378. The summed E-state index contributed by atoms with van der Waals surface area (Å²) in [6.45, 7) is 3.05. The van der Waals surface area contributed by atoms with E-state index in [9.17, 15) is 0 Å². The molecule has 0 saturated carbocycles. The molecule has 2 N–H and O–H groups in total. The molecule has 15 heavy (non-hydrogen) atoms. The summed E-state index contributed by atoms with van der Waals surface area (Å²) in [6, 6.07) is 2.43. The fourth-order valence-electron chi connectivity index (χ4n) is 2.18. The molecule has 1 aliphatic rings. The second-order valence-corrected chi connectivity index (χ2v) is 5.39. The van der Waals surface area contributed by atoms with Crippen molar-refractivity contribution in [3.05, 3.63) is 21.3 Å². The topological polar surface area (TPSA) is 29.3 Å². The average Bonchev–Trinajstić information content (AvgIpc) is 2.68. The van der Waals surface area contributed by atoms with Crippen LogP contribution >= 0.6 is 22.9 Å². The minimum Gasteiger partial charge on any atom is -0.329 e. The van der Waals surface area contributed by atoms with E-state index < -0.39 is 0 Å². The predicted octanol–water partition coefficient (Wildman–Crippen LogP) is 2.89. The highest BCUT2D eigenvalue weighted by molar-refractivity contribution is 7.10. The lowest BCUT2D eigenvalue weighted by Crippen LogP contribution is -2.37. The van der Waals surface area contributed by atoms with E-state index in [2.05, 4.69) is 11.0 Å². The van der Waals surface area contributed by atoms with Gasteiger partial charge in [-0.3, -0.25) is 4.90 Å². The van der Waals surface area contributed by atoms with Gasteiger partial charge in [-0.15, -0.1) is 11.3 Å². The van der Waals surface area contributed by atoms with Crippen molar-refractivity contribution in [3.63, 3.8) is 0 Å². The van der Waals surface area contributed by atoms with Crippen LogP contribution in [0.5, 0.6) is 0 Å². The van der Waals surface area contributed by atoms with Gasteiger partial charge in [-0.25, -0.2) is 0 Å². The van der Waals surface area contributed by atoms with Crippen molar-refractivity contribution in [3.8, 4) is 0 Å². The number of likely N-dealkylation sites (tertiary alicyclic amines) is 1. The van der Waals surface area contributed by atoms with Crippen molar-refractivity contribution < 1.29 is 0 Å². The number of hydrogen-bond donors (Lipinski definition) is 1. The van der Waals surface area contributed by atoms with Gasteiger partial charge < -0.3 is 5.73 Å². The fourth-order valence-corrected chi connectivity index (χ4v) is 3.41. The maximum Gasteiger partial charge on any atom is 0.0564 e. The van der Waals surface area contributed by atoms with Crippen LogP contribution in [0.3, 0.4) is 0 Å². The van der Waals surface area contributed by atoms with E-state index in [4.69, 9.17) is 17.3 Å². The van der Waals surface area contributed by atoms with Crippen LogP contribution in [0, 0.1) is 0 Å². The van der Waals surface area contributed by atoms with Crippen LogP contribution in [0.2, 0.25) is 5.02 Å². The normalized spacial score (nSPS) is 20.4. The summed E-state index contributed by atoms with van der Waals surface area (Å²) in [6.07, 6.45) is 3.96. The number of nitrogens with two attached hydrogens (primary N) is 1. The number of rotatable bonds is 3. The molecule has 0 bridgehead atoms. The van der Waals surface area contributed by atoms with E-state index in [1.54, 1.807) is 11.3 Å². The first-order chi connectivity index (χ1) is 7.31. The highest BCUT2D eigenvalue weighted by Crippen LogP contribution is 2.30. The van der Waals surface area contributed by atoms with Crippen LogP contribution in [0.1, 0.15) is 30.2 Å². The van der Waals surface area contributed by atoms with Crippen LogP contribution in [0.15, 0.2) is 11.4 Å². The van der Waals surface area contributed by atoms with Gasteiger partial charge in [0.05, 0.1) is 11.1 Å². The Kier molecular flexibility index (Phi) is 4.03. The van der Waals surface area contributed by atoms with E-state index in [0.717, 1.165) is 5.02 Å². The largest absolute Gasteiger partial charge is 0.329 e. The number of thiophene rings is 1. The smallest absolute Gasteiger partial charge is 0.0564 e. The fraction of sp³-hybridized carbons (Fsp3) is 0.636. The van der Waals surface area contributed by atoms with Crippen molar-refractivity contribution >= 4 is 22.9 Å². The van der Waals surface area contributed by atoms with E-state index in [-0.39, 0.29) is 0 Å². The molecule has 1 unspecified atom stereocenters. The average molecular weight is 245 g/mol. The molecule has 1 atom stereocenters.